The van der Waals surface area contributed by atoms with Gasteiger partial charge in [0.25, 0.3) is 0 Å². The van der Waals surface area contributed by atoms with Crippen molar-refractivity contribution in [2.45, 2.75) is 31.1 Å². The SMILES string of the molecule is CCc1ccc2nc(N3CCN(C(=O)CCCS(=O)(=O)c4ccccc4)CC3)sc2c1. The van der Waals surface area contributed by atoms with Gasteiger partial charge in [-0.1, -0.05) is 42.5 Å². The molecular formula is C23H27N3O3S2. The number of rotatable bonds is 7. The molecule has 0 aliphatic carbocycles. The van der Waals surface area contributed by atoms with Crippen LogP contribution in [0.5, 0.6) is 0 Å². The van der Waals surface area contributed by atoms with Crippen molar-refractivity contribution in [2.24, 2.45) is 0 Å². The van der Waals surface area contributed by atoms with E-state index in [9.17, 15) is 13.2 Å². The van der Waals surface area contributed by atoms with E-state index in [1.807, 2.05) is 4.90 Å². The number of carbonyl (C=O) groups is 1. The molecule has 0 N–H and O–H groups in total. The van der Waals surface area contributed by atoms with Crippen LogP contribution in [0.15, 0.2) is 53.4 Å². The van der Waals surface area contributed by atoms with Crippen LogP contribution < -0.4 is 4.90 Å². The molecule has 1 aliphatic heterocycles. The molecule has 1 amide bonds. The first-order chi connectivity index (χ1) is 15.0. The van der Waals surface area contributed by atoms with Gasteiger partial charge < -0.3 is 9.80 Å². The second-order valence-electron chi connectivity index (χ2n) is 7.76. The van der Waals surface area contributed by atoms with Gasteiger partial charge in [0, 0.05) is 32.6 Å². The second kappa shape index (κ2) is 9.36. The molecule has 0 saturated carbocycles. The first kappa shape index (κ1) is 21.8. The minimum Gasteiger partial charge on any atom is -0.345 e. The summed E-state index contributed by atoms with van der Waals surface area (Å²) in [5.41, 5.74) is 2.34. The lowest BCUT2D eigenvalue weighted by atomic mass is 10.2. The van der Waals surface area contributed by atoms with E-state index in [0.717, 1.165) is 30.2 Å². The first-order valence-electron chi connectivity index (χ1n) is 10.7. The number of aromatic nitrogens is 1. The molecule has 1 aromatic heterocycles. The third-order valence-electron chi connectivity index (χ3n) is 5.66. The number of piperazine rings is 1. The highest BCUT2D eigenvalue weighted by molar-refractivity contribution is 7.91. The highest BCUT2D eigenvalue weighted by Crippen LogP contribution is 2.30. The molecule has 164 valence electrons. The fourth-order valence-electron chi connectivity index (χ4n) is 3.78. The van der Waals surface area contributed by atoms with Crippen LogP contribution in [0.4, 0.5) is 5.13 Å². The number of thiazole rings is 1. The zero-order valence-corrected chi connectivity index (χ0v) is 19.3. The van der Waals surface area contributed by atoms with Gasteiger partial charge >= 0.3 is 0 Å². The van der Waals surface area contributed by atoms with Crippen LogP contribution in [0, 0.1) is 0 Å². The number of fused-ring (bicyclic) bond motifs is 1. The van der Waals surface area contributed by atoms with E-state index in [0.29, 0.717) is 24.4 Å². The molecule has 2 aromatic carbocycles. The number of hydrogen-bond donors (Lipinski definition) is 0. The van der Waals surface area contributed by atoms with E-state index >= 15 is 0 Å². The summed E-state index contributed by atoms with van der Waals surface area (Å²) in [6.07, 6.45) is 1.61. The van der Waals surface area contributed by atoms with Gasteiger partial charge in [0.05, 0.1) is 20.9 Å². The molecule has 0 bridgehead atoms. The van der Waals surface area contributed by atoms with Crippen LogP contribution >= 0.6 is 11.3 Å². The van der Waals surface area contributed by atoms with E-state index in [4.69, 9.17) is 4.98 Å². The van der Waals surface area contributed by atoms with Gasteiger partial charge in [0.2, 0.25) is 5.91 Å². The lowest BCUT2D eigenvalue weighted by Crippen LogP contribution is -2.48. The summed E-state index contributed by atoms with van der Waals surface area (Å²) >= 11 is 1.70. The molecule has 3 aromatic rings. The Balaban J connectivity index is 1.28. The maximum Gasteiger partial charge on any atom is 0.222 e. The zero-order chi connectivity index (χ0) is 21.8. The van der Waals surface area contributed by atoms with Gasteiger partial charge in [-0.25, -0.2) is 13.4 Å². The van der Waals surface area contributed by atoms with Crippen LogP contribution in [-0.4, -0.2) is 56.1 Å². The normalized spacial score (nSPS) is 14.9. The number of carbonyl (C=O) groups excluding carboxylic acids is 1. The standard InChI is InChI=1S/C23H27N3O3S2/c1-2-18-10-11-20-21(17-18)30-23(24-20)26-14-12-25(13-15-26)22(27)9-6-16-31(28,29)19-7-4-3-5-8-19/h3-5,7-8,10-11,17H,2,6,9,12-16H2,1H3. The molecule has 4 rings (SSSR count). The van der Waals surface area contributed by atoms with Gasteiger partial charge in [0.15, 0.2) is 15.0 Å². The van der Waals surface area contributed by atoms with Crippen molar-refractivity contribution in [1.29, 1.82) is 0 Å². The molecular weight excluding hydrogens is 430 g/mol. The minimum atomic E-state index is -3.34. The van der Waals surface area contributed by atoms with E-state index in [2.05, 4.69) is 30.0 Å². The van der Waals surface area contributed by atoms with Gasteiger partial charge in [-0.15, -0.1) is 0 Å². The van der Waals surface area contributed by atoms with Crippen LogP contribution in [0.25, 0.3) is 10.2 Å². The summed E-state index contributed by atoms with van der Waals surface area (Å²) in [5.74, 6) is 0.0218. The Labute approximate surface area is 187 Å². The summed E-state index contributed by atoms with van der Waals surface area (Å²) < 4.78 is 25.9. The van der Waals surface area contributed by atoms with Crippen molar-refractivity contribution < 1.29 is 13.2 Å². The Morgan fingerprint density at radius 1 is 1.06 bits per heavy atom. The molecule has 1 saturated heterocycles. The molecule has 0 atom stereocenters. The first-order valence-corrected chi connectivity index (χ1v) is 13.1. The number of nitrogens with zero attached hydrogens (tertiary/aromatic N) is 3. The largest absolute Gasteiger partial charge is 0.345 e. The Bertz CT molecular complexity index is 1150. The van der Waals surface area contributed by atoms with E-state index in [1.165, 1.54) is 10.3 Å². The minimum absolute atomic E-state index is 0.00578. The maximum atomic E-state index is 12.6. The van der Waals surface area contributed by atoms with Gasteiger partial charge in [-0.2, -0.15) is 0 Å². The highest BCUT2D eigenvalue weighted by Gasteiger charge is 2.23. The van der Waals surface area contributed by atoms with Crippen molar-refractivity contribution in [2.75, 3.05) is 36.8 Å². The van der Waals surface area contributed by atoms with Gasteiger partial charge in [-0.05, 0) is 42.7 Å². The number of hydrogen-bond acceptors (Lipinski definition) is 6. The van der Waals surface area contributed by atoms with Crippen LogP contribution in [-0.2, 0) is 21.1 Å². The fraction of sp³-hybridized carbons (Fsp3) is 0.391. The summed E-state index contributed by atoms with van der Waals surface area (Å²) in [6.45, 7) is 4.92. The average Bonchev–Trinajstić information content (AvgIpc) is 3.23. The quantitative estimate of drug-likeness (QED) is 0.540. The second-order valence-corrected chi connectivity index (χ2v) is 10.9. The van der Waals surface area contributed by atoms with Crippen molar-refractivity contribution in [1.82, 2.24) is 9.88 Å². The van der Waals surface area contributed by atoms with Crippen LogP contribution in [0.2, 0.25) is 0 Å². The van der Waals surface area contributed by atoms with Gasteiger partial charge in [0.1, 0.15) is 0 Å². The van der Waals surface area contributed by atoms with Crippen LogP contribution in [0.3, 0.4) is 0 Å². The van der Waals surface area contributed by atoms with E-state index in [1.54, 1.807) is 41.7 Å². The Hall–Kier alpha value is -2.45. The molecule has 8 heteroatoms. The Morgan fingerprint density at radius 2 is 1.81 bits per heavy atom. The summed E-state index contributed by atoms with van der Waals surface area (Å²) in [5, 5.41) is 1.00. The molecule has 6 nitrogen and oxygen atoms in total. The average molecular weight is 458 g/mol. The third kappa shape index (κ3) is 5.07. The number of anilines is 1. The molecule has 1 aliphatic rings. The summed E-state index contributed by atoms with van der Waals surface area (Å²) in [6, 6.07) is 14.8. The van der Waals surface area contributed by atoms with Crippen molar-refractivity contribution in [3.05, 3.63) is 54.1 Å². The molecule has 0 unspecified atom stereocenters. The molecule has 31 heavy (non-hydrogen) atoms. The molecule has 0 radical (unpaired) electrons. The van der Waals surface area contributed by atoms with Gasteiger partial charge in [-0.3, -0.25) is 4.79 Å². The topological polar surface area (TPSA) is 70.6 Å². The Morgan fingerprint density at radius 3 is 2.52 bits per heavy atom. The summed E-state index contributed by atoms with van der Waals surface area (Å²) in [4.78, 5) is 21.7. The maximum absolute atomic E-state index is 12.6. The number of aryl methyl sites for hydroxylation is 1. The monoisotopic (exact) mass is 457 g/mol. The molecule has 0 spiro atoms. The lowest BCUT2D eigenvalue weighted by Gasteiger charge is -2.34. The molecule has 2 heterocycles. The van der Waals surface area contributed by atoms with Crippen molar-refractivity contribution >= 4 is 42.4 Å². The third-order valence-corrected chi connectivity index (χ3v) is 8.55. The lowest BCUT2D eigenvalue weighted by molar-refractivity contribution is -0.131. The predicted octanol–water partition coefficient (Wildman–Crippen LogP) is 3.76. The molecule has 1 fully saturated rings. The Kier molecular flexibility index (Phi) is 6.57. The highest BCUT2D eigenvalue weighted by atomic mass is 32.2. The number of sulfone groups is 1. The van der Waals surface area contributed by atoms with Crippen molar-refractivity contribution in [3.63, 3.8) is 0 Å². The summed E-state index contributed by atoms with van der Waals surface area (Å²) in [7, 11) is -3.34. The number of amides is 1. The van der Waals surface area contributed by atoms with E-state index < -0.39 is 9.84 Å². The zero-order valence-electron chi connectivity index (χ0n) is 17.7. The fourth-order valence-corrected chi connectivity index (χ4v) is 6.19. The predicted molar refractivity (Wildman–Crippen MR) is 126 cm³/mol. The van der Waals surface area contributed by atoms with E-state index in [-0.39, 0.29) is 18.1 Å². The number of benzene rings is 2. The van der Waals surface area contributed by atoms with Crippen molar-refractivity contribution in [3.8, 4) is 0 Å². The van der Waals surface area contributed by atoms with Crippen LogP contribution in [0.1, 0.15) is 25.3 Å². The smallest absolute Gasteiger partial charge is 0.222 e.